The Kier molecular flexibility index (Phi) is 3.76. The third-order valence-corrected chi connectivity index (χ3v) is 3.76. The molecule has 1 aromatic heterocycles. The molecule has 0 aliphatic heterocycles. The summed E-state index contributed by atoms with van der Waals surface area (Å²) in [5, 5.41) is 20.0. The van der Waals surface area contributed by atoms with Crippen LogP contribution in [0.5, 0.6) is 0 Å². The molecule has 0 atom stereocenters. The molecule has 5 heteroatoms. The molecule has 1 aromatic carbocycles. The minimum Gasteiger partial charge on any atom is -0.398 e. The van der Waals surface area contributed by atoms with Crippen LogP contribution >= 0.6 is 0 Å². The van der Waals surface area contributed by atoms with E-state index >= 15 is 0 Å². The number of rotatable bonds is 4. The van der Waals surface area contributed by atoms with E-state index in [1.165, 1.54) is 0 Å². The highest BCUT2D eigenvalue weighted by Gasteiger charge is 2.22. The first kappa shape index (κ1) is 15.8. The van der Waals surface area contributed by atoms with Gasteiger partial charge in [-0.1, -0.05) is 0 Å². The molecule has 0 spiro atoms. The number of nitrogens with zero attached hydrogens (tertiary/aromatic N) is 2. The summed E-state index contributed by atoms with van der Waals surface area (Å²) >= 11 is 0. The third-order valence-electron chi connectivity index (χ3n) is 3.76. The molecule has 0 radical (unpaired) electrons. The van der Waals surface area contributed by atoms with E-state index in [0.717, 1.165) is 16.9 Å². The number of fused-ring (bicyclic) bond motifs is 1. The van der Waals surface area contributed by atoms with E-state index in [9.17, 15) is 10.2 Å². The Morgan fingerprint density at radius 1 is 1.19 bits per heavy atom. The van der Waals surface area contributed by atoms with Crippen LogP contribution in [0.4, 0.5) is 5.69 Å². The van der Waals surface area contributed by atoms with Crippen LogP contribution < -0.4 is 5.73 Å². The molecule has 0 aliphatic rings. The molecule has 0 amide bonds. The number of aryl methyl sites for hydroxylation is 2. The van der Waals surface area contributed by atoms with Crippen molar-refractivity contribution in [1.82, 2.24) is 9.55 Å². The van der Waals surface area contributed by atoms with Crippen molar-refractivity contribution in [3.05, 3.63) is 23.5 Å². The van der Waals surface area contributed by atoms with Crippen LogP contribution in [0.1, 0.15) is 45.5 Å². The molecule has 1 heterocycles. The molecular formula is C16H25N3O2. The number of aromatic nitrogens is 2. The standard InChI is InChI=1S/C16H25N3O2/c1-15(2,20)7-6-14-18-12-8-10(16(3,4)21)11(17)9-13(12)19(14)5/h8-9,20-21H,6-7,17H2,1-5H3. The highest BCUT2D eigenvalue weighted by molar-refractivity contribution is 5.82. The van der Waals surface area contributed by atoms with Gasteiger partial charge >= 0.3 is 0 Å². The number of benzene rings is 1. The van der Waals surface area contributed by atoms with Gasteiger partial charge in [0.2, 0.25) is 0 Å². The third kappa shape index (κ3) is 3.36. The monoisotopic (exact) mass is 291 g/mol. The lowest BCUT2D eigenvalue weighted by Gasteiger charge is -2.19. The predicted molar refractivity (Wildman–Crippen MR) is 85.0 cm³/mol. The van der Waals surface area contributed by atoms with E-state index in [1.807, 2.05) is 23.7 Å². The van der Waals surface area contributed by atoms with Crippen molar-refractivity contribution < 1.29 is 10.2 Å². The first-order chi connectivity index (χ1) is 9.49. The molecule has 21 heavy (non-hydrogen) atoms. The zero-order valence-electron chi connectivity index (χ0n) is 13.4. The Labute approximate surface area is 125 Å². The quantitative estimate of drug-likeness (QED) is 0.753. The topological polar surface area (TPSA) is 84.3 Å². The van der Waals surface area contributed by atoms with Crippen LogP contribution in [-0.2, 0) is 19.1 Å². The maximum atomic E-state index is 10.2. The number of hydrogen-bond donors (Lipinski definition) is 3. The van der Waals surface area contributed by atoms with E-state index in [2.05, 4.69) is 4.98 Å². The highest BCUT2D eigenvalue weighted by Crippen LogP contribution is 2.30. The lowest BCUT2D eigenvalue weighted by molar-refractivity contribution is 0.0706. The van der Waals surface area contributed by atoms with E-state index in [4.69, 9.17) is 5.73 Å². The number of aliphatic hydroxyl groups is 2. The first-order valence-corrected chi connectivity index (χ1v) is 7.19. The number of hydrogen-bond acceptors (Lipinski definition) is 4. The van der Waals surface area contributed by atoms with E-state index in [-0.39, 0.29) is 0 Å². The summed E-state index contributed by atoms with van der Waals surface area (Å²) in [4.78, 5) is 4.62. The van der Waals surface area contributed by atoms with E-state index in [0.29, 0.717) is 24.1 Å². The molecule has 0 unspecified atom stereocenters. The van der Waals surface area contributed by atoms with E-state index < -0.39 is 11.2 Å². The molecule has 2 aromatic rings. The summed E-state index contributed by atoms with van der Waals surface area (Å²) in [6.07, 6.45) is 1.32. The molecular weight excluding hydrogens is 266 g/mol. The summed E-state index contributed by atoms with van der Waals surface area (Å²) in [5.74, 6) is 0.902. The van der Waals surface area contributed by atoms with Gasteiger partial charge < -0.3 is 20.5 Å². The lowest BCUT2D eigenvalue weighted by Crippen LogP contribution is -2.20. The predicted octanol–water partition coefficient (Wildman–Crippen LogP) is 2.09. The minimum atomic E-state index is -0.997. The Hall–Kier alpha value is -1.59. The van der Waals surface area contributed by atoms with Gasteiger partial charge in [0.15, 0.2) is 0 Å². The van der Waals surface area contributed by atoms with Crippen LogP contribution in [-0.4, -0.2) is 25.4 Å². The van der Waals surface area contributed by atoms with Crippen molar-refractivity contribution in [2.24, 2.45) is 7.05 Å². The average molecular weight is 291 g/mol. The Balaban J connectivity index is 2.46. The van der Waals surface area contributed by atoms with Gasteiger partial charge in [-0.3, -0.25) is 0 Å². The zero-order chi connectivity index (χ0) is 16.0. The Morgan fingerprint density at radius 3 is 2.33 bits per heavy atom. The highest BCUT2D eigenvalue weighted by atomic mass is 16.3. The largest absolute Gasteiger partial charge is 0.398 e. The van der Waals surface area contributed by atoms with Crippen molar-refractivity contribution in [1.29, 1.82) is 0 Å². The summed E-state index contributed by atoms with van der Waals surface area (Å²) in [5.41, 5.74) is 7.34. The summed E-state index contributed by atoms with van der Waals surface area (Å²) in [6.45, 7) is 7.01. The summed E-state index contributed by atoms with van der Waals surface area (Å²) in [7, 11) is 1.94. The van der Waals surface area contributed by atoms with Crippen molar-refractivity contribution in [2.45, 2.75) is 51.7 Å². The van der Waals surface area contributed by atoms with Crippen molar-refractivity contribution in [2.75, 3.05) is 5.73 Å². The smallest absolute Gasteiger partial charge is 0.109 e. The zero-order valence-corrected chi connectivity index (χ0v) is 13.4. The maximum Gasteiger partial charge on any atom is 0.109 e. The van der Waals surface area contributed by atoms with E-state index in [1.54, 1.807) is 27.7 Å². The van der Waals surface area contributed by atoms with Crippen LogP contribution in [0.3, 0.4) is 0 Å². The van der Waals surface area contributed by atoms with Crippen LogP contribution in [0.15, 0.2) is 12.1 Å². The van der Waals surface area contributed by atoms with Gasteiger partial charge in [-0.25, -0.2) is 4.98 Å². The molecule has 5 nitrogen and oxygen atoms in total. The lowest BCUT2D eigenvalue weighted by atomic mass is 9.96. The number of imidazole rings is 1. The average Bonchev–Trinajstić information content (AvgIpc) is 2.61. The second-order valence-corrected chi connectivity index (χ2v) is 6.89. The molecule has 4 N–H and O–H groups in total. The summed E-state index contributed by atoms with van der Waals surface area (Å²) in [6, 6.07) is 3.70. The van der Waals surface area contributed by atoms with Gasteiger partial charge in [-0.15, -0.1) is 0 Å². The number of nitrogens with two attached hydrogens (primary N) is 1. The Morgan fingerprint density at radius 2 is 1.81 bits per heavy atom. The fraction of sp³-hybridized carbons (Fsp3) is 0.562. The van der Waals surface area contributed by atoms with Gasteiger partial charge in [0.05, 0.1) is 22.2 Å². The normalized spacial score (nSPS) is 13.1. The van der Waals surface area contributed by atoms with Gasteiger partial charge in [-0.05, 0) is 46.2 Å². The molecule has 0 fully saturated rings. The fourth-order valence-electron chi connectivity index (χ4n) is 2.48. The molecule has 2 rings (SSSR count). The van der Waals surface area contributed by atoms with Crippen molar-refractivity contribution >= 4 is 16.7 Å². The molecule has 0 saturated heterocycles. The fourth-order valence-corrected chi connectivity index (χ4v) is 2.48. The molecule has 0 bridgehead atoms. The molecule has 116 valence electrons. The Bertz CT molecular complexity index is 661. The van der Waals surface area contributed by atoms with Crippen LogP contribution in [0.25, 0.3) is 11.0 Å². The van der Waals surface area contributed by atoms with Crippen molar-refractivity contribution in [3.63, 3.8) is 0 Å². The first-order valence-electron chi connectivity index (χ1n) is 7.19. The van der Waals surface area contributed by atoms with Crippen molar-refractivity contribution in [3.8, 4) is 0 Å². The van der Waals surface area contributed by atoms with Gasteiger partial charge in [-0.2, -0.15) is 0 Å². The van der Waals surface area contributed by atoms with Crippen LogP contribution in [0.2, 0.25) is 0 Å². The van der Waals surface area contributed by atoms with Gasteiger partial charge in [0.1, 0.15) is 5.82 Å². The van der Waals surface area contributed by atoms with Gasteiger partial charge in [0.25, 0.3) is 0 Å². The maximum absolute atomic E-state index is 10.2. The molecule has 0 aliphatic carbocycles. The molecule has 0 saturated carbocycles. The second kappa shape index (κ2) is 5.00. The summed E-state index contributed by atoms with van der Waals surface area (Å²) < 4.78 is 1.99. The number of nitrogen functional groups attached to an aromatic ring is 1. The number of anilines is 1. The van der Waals surface area contributed by atoms with Gasteiger partial charge in [0, 0.05) is 24.7 Å². The SMILES string of the molecule is Cn1c(CCC(C)(C)O)nc2cc(C(C)(C)O)c(N)cc21. The second-order valence-electron chi connectivity index (χ2n) is 6.89. The minimum absolute atomic E-state index is 0.562. The van der Waals surface area contributed by atoms with Crippen LogP contribution in [0, 0.1) is 0 Å².